The molecule has 0 bridgehead atoms. The number of imidazole rings is 1. The summed E-state index contributed by atoms with van der Waals surface area (Å²) in [6.07, 6.45) is 2.67. The Morgan fingerprint density at radius 2 is 2.00 bits per heavy atom. The first-order valence-corrected chi connectivity index (χ1v) is 7.99. The fourth-order valence-corrected chi connectivity index (χ4v) is 3.13. The van der Waals surface area contributed by atoms with Crippen LogP contribution in [-0.2, 0) is 0 Å². The maximum atomic E-state index is 12.7. The van der Waals surface area contributed by atoms with Crippen LogP contribution < -0.4 is 0 Å². The molecule has 0 spiro atoms. The first-order valence-electron chi connectivity index (χ1n) is 7.23. The van der Waals surface area contributed by atoms with E-state index in [0.717, 1.165) is 19.5 Å². The predicted molar refractivity (Wildman–Crippen MR) is 89.0 cm³/mol. The highest BCUT2D eigenvalue weighted by molar-refractivity contribution is 6.36. The first kappa shape index (κ1) is 14.5. The highest BCUT2D eigenvalue weighted by atomic mass is 35.5. The van der Waals surface area contributed by atoms with E-state index in [-0.39, 0.29) is 5.91 Å². The Labute approximate surface area is 142 Å². The molecule has 0 N–H and O–H groups in total. The quantitative estimate of drug-likeness (QED) is 0.712. The molecular formula is C16H12Cl2N4O. The number of hydrogen-bond donors (Lipinski definition) is 0. The van der Waals surface area contributed by atoms with E-state index < -0.39 is 0 Å². The molecule has 0 radical (unpaired) electrons. The molecule has 4 rings (SSSR count). The van der Waals surface area contributed by atoms with Gasteiger partial charge in [-0.05, 0) is 36.8 Å². The van der Waals surface area contributed by atoms with Crippen molar-refractivity contribution >= 4 is 34.8 Å². The number of hydrogen-bond acceptors (Lipinski definition) is 3. The SMILES string of the molecule is O=C(c1nc2cccnn2c1-c1ccc(Cl)cc1Cl)N1CCC1. The number of carbonyl (C=O) groups is 1. The fourth-order valence-electron chi connectivity index (χ4n) is 2.63. The number of likely N-dealkylation sites (tertiary alicyclic amines) is 1. The monoisotopic (exact) mass is 346 g/mol. The van der Waals surface area contributed by atoms with E-state index in [1.54, 1.807) is 39.9 Å². The average molecular weight is 347 g/mol. The van der Waals surface area contributed by atoms with E-state index in [1.165, 1.54) is 0 Å². The van der Waals surface area contributed by atoms with Crippen LogP contribution in [0.2, 0.25) is 10.0 Å². The van der Waals surface area contributed by atoms with Gasteiger partial charge in [0.25, 0.3) is 5.91 Å². The molecule has 0 aliphatic carbocycles. The van der Waals surface area contributed by atoms with Crippen LogP contribution in [-0.4, -0.2) is 38.5 Å². The molecule has 23 heavy (non-hydrogen) atoms. The van der Waals surface area contributed by atoms with Gasteiger partial charge in [0.1, 0.15) is 5.69 Å². The lowest BCUT2D eigenvalue weighted by atomic mass is 10.1. The number of carbonyl (C=O) groups excluding carboxylic acids is 1. The van der Waals surface area contributed by atoms with E-state index >= 15 is 0 Å². The van der Waals surface area contributed by atoms with Gasteiger partial charge in [-0.25, -0.2) is 9.50 Å². The summed E-state index contributed by atoms with van der Waals surface area (Å²) in [5, 5.41) is 5.32. The number of halogens is 2. The van der Waals surface area contributed by atoms with E-state index in [0.29, 0.717) is 32.6 Å². The van der Waals surface area contributed by atoms with Crippen molar-refractivity contribution in [2.24, 2.45) is 0 Å². The molecule has 0 atom stereocenters. The van der Waals surface area contributed by atoms with Crippen molar-refractivity contribution in [2.75, 3.05) is 13.1 Å². The van der Waals surface area contributed by atoms with E-state index in [9.17, 15) is 4.79 Å². The Morgan fingerprint density at radius 3 is 2.70 bits per heavy atom. The van der Waals surface area contributed by atoms with E-state index in [2.05, 4.69) is 10.1 Å². The lowest BCUT2D eigenvalue weighted by Gasteiger charge is -2.30. The Bertz CT molecular complexity index is 918. The van der Waals surface area contributed by atoms with Gasteiger partial charge in [-0.3, -0.25) is 4.79 Å². The molecule has 1 aliphatic heterocycles. The standard InChI is InChI=1S/C16H12Cl2N4O/c17-10-4-5-11(12(18)9-10)15-14(16(23)21-7-2-8-21)20-13-3-1-6-19-22(13)15/h1,3-6,9H,2,7-8H2. The Morgan fingerprint density at radius 1 is 1.17 bits per heavy atom. The number of aromatic nitrogens is 3. The molecule has 1 aromatic carbocycles. The zero-order valence-corrected chi connectivity index (χ0v) is 13.6. The molecule has 2 aromatic heterocycles. The summed E-state index contributed by atoms with van der Waals surface area (Å²) >= 11 is 12.3. The van der Waals surface area contributed by atoms with Crippen LogP contribution in [0, 0.1) is 0 Å². The third-order valence-corrected chi connectivity index (χ3v) is 4.47. The van der Waals surface area contributed by atoms with Crippen LogP contribution in [0.5, 0.6) is 0 Å². The molecule has 1 aliphatic rings. The molecule has 1 fully saturated rings. The fraction of sp³-hybridized carbons (Fsp3) is 0.188. The van der Waals surface area contributed by atoms with Crippen molar-refractivity contribution in [1.82, 2.24) is 19.5 Å². The van der Waals surface area contributed by atoms with Crippen molar-refractivity contribution in [2.45, 2.75) is 6.42 Å². The average Bonchev–Trinajstić information content (AvgIpc) is 2.85. The number of amides is 1. The van der Waals surface area contributed by atoms with Gasteiger partial charge in [-0.1, -0.05) is 23.2 Å². The van der Waals surface area contributed by atoms with Gasteiger partial charge in [-0.15, -0.1) is 0 Å². The lowest BCUT2D eigenvalue weighted by molar-refractivity contribution is 0.0647. The highest BCUT2D eigenvalue weighted by Gasteiger charge is 2.29. The van der Waals surface area contributed by atoms with Crippen molar-refractivity contribution in [3.05, 3.63) is 52.3 Å². The Hall–Kier alpha value is -2.11. The summed E-state index contributed by atoms with van der Waals surface area (Å²) in [6, 6.07) is 8.78. The zero-order valence-electron chi connectivity index (χ0n) is 12.0. The van der Waals surface area contributed by atoms with Crippen LogP contribution in [0.15, 0.2) is 36.5 Å². The zero-order chi connectivity index (χ0) is 16.0. The second kappa shape index (κ2) is 5.51. The molecule has 3 aromatic rings. The predicted octanol–water partition coefficient (Wildman–Crippen LogP) is 3.55. The molecule has 1 saturated heterocycles. The molecule has 5 nitrogen and oxygen atoms in total. The van der Waals surface area contributed by atoms with Gasteiger partial charge in [0.2, 0.25) is 0 Å². The molecule has 0 unspecified atom stereocenters. The molecule has 3 heterocycles. The van der Waals surface area contributed by atoms with E-state index in [1.807, 2.05) is 6.07 Å². The lowest BCUT2D eigenvalue weighted by Crippen LogP contribution is -2.42. The van der Waals surface area contributed by atoms with Gasteiger partial charge in [-0.2, -0.15) is 5.10 Å². The van der Waals surface area contributed by atoms with Crippen LogP contribution in [0.1, 0.15) is 16.9 Å². The minimum Gasteiger partial charge on any atom is -0.337 e. The van der Waals surface area contributed by atoms with Gasteiger partial charge in [0, 0.05) is 29.9 Å². The number of benzene rings is 1. The normalized spacial score (nSPS) is 14.1. The van der Waals surface area contributed by atoms with Gasteiger partial charge in [0.15, 0.2) is 11.3 Å². The van der Waals surface area contributed by atoms with Crippen LogP contribution in [0.3, 0.4) is 0 Å². The second-order valence-corrected chi connectivity index (χ2v) is 6.22. The van der Waals surface area contributed by atoms with Crippen LogP contribution in [0.4, 0.5) is 0 Å². The number of nitrogens with zero attached hydrogens (tertiary/aromatic N) is 4. The van der Waals surface area contributed by atoms with Crippen LogP contribution in [0.25, 0.3) is 16.9 Å². The molecular weight excluding hydrogens is 335 g/mol. The number of fused-ring (bicyclic) bond motifs is 1. The second-order valence-electron chi connectivity index (χ2n) is 5.37. The minimum absolute atomic E-state index is 0.0947. The summed E-state index contributed by atoms with van der Waals surface area (Å²) in [5.74, 6) is -0.0947. The molecule has 0 saturated carbocycles. The summed E-state index contributed by atoms with van der Waals surface area (Å²) in [7, 11) is 0. The van der Waals surface area contributed by atoms with Crippen molar-refractivity contribution in [1.29, 1.82) is 0 Å². The summed E-state index contributed by atoms with van der Waals surface area (Å²) in [4.78, 5) is 19.0. The third-order valence-electron chi connectivity index (χ3n) is 3.93. The minimum atomic E-state index is -0.0947. The Kier molecular flexibility index (Phi) is 3.47. The van der Waals surface area contributed by atoms with Gasteiger partial charge in [0.05, 0.1) is 5.02 Å². The summed E-state index contributed by atoms with van der Waals surface area (Å²) in [5.41, 5.74) is 2.26. The van der Waals surface area contributed by atoms with Gasteiger partial charge < -0.3 is 4.90 Å². The van der Waals surface area contributed by atoms with Crippen molar-refractivity contribution in [3.8, 4) is 11.3 Å². The summed E-state index contributed by atoms with van der Waals surface area (Å²) in [6.45, 7) is 1.52. The van der Waals surface area contributed by atoms with Crippen molar-refractivity contribution < 1.29 is 4.79 Å². The first-order chi connectivity index (χ1) is 11.1. The topological polar surface area (TPSA) is 50.5 Å². The van der Waals surface area contributed by atoms with Crippen LogP contribution >= 0.6 is 23.2 Å². The van der Waals surface area contributed by atoms with E-state index in [4.69, 9.17) is 23.2 Å². The molecule has 7 heteroatoms. The maximum Gasteiger partial charge on any atom is 0.274 e. The maximum absolute atomic E-state index is 12.7. The molecule has 1 amide bonds. The smallest absolute Gasteiger partial charge is 0.274 e. The highest BCUT2D eigenvalue weighted by Crippen LogP contribution is 2.33. The summed E-state index contributed by atoms with van der Waals surface area (Å²) < 4.78 is 1.64. The Balaban J connectivity index is 1.97. The third kappa shape index (κ3) is 2.36. The largest absolute Gasteiger partial charge is 0.337 e. The van der Waals surface area contributed by atoms with Gasteiger partial charge >= 0.3 is 0 Å². The number of rotatable bonds is 2. The van der Waals surface area contributed by atoms with Crippen molar-refractivity contribution in [3.63, 3.8) is 0 Å². The molecule has 116 valence electrons.